The monoisotopic (exact) mass is 177 g/mol. The Kier molecular flexibility index (Phi) is 3.44. The first kappa shape index (κ1) is 9.90. The molecule has 1 nitrogen and oxygen atoms in total. The highest BCUT2D eigenvalue weighted by Gasteiger charge is 2.26. The fourth-order valence-corrected chi connectivity index (χ4v) is 1.71. The van der Waals surface area contributed by atoms with Gasteiger partial charge in [-0.3, -0.25) is 0 Å². The molecular formula is C9H17F2N. The Bertz CT molecular complexity index is 123. The van der Waals surface area contributed by atoms with Gasteiger partial charge >= 0.3 is 0 Å². The Morgan fingerprint density at radius 3 is 2.75 bits per heavy atom. The van der Waals surface area contributed by atoms with Gasteiger partial charge in [0.05, 0.1) is 0 Å². The Morgan fingerprint density at radius 2 is 2.08 bits per heavy atom. The summed E-state index contributed by atoms with van der Waals surface area (Å²) in [5.74, 6) is -2.51. The Morgan fingerprint density at radius 1 is 1.33 bits per heavy atom. The van der Waals surface area contributed by atoms with Crippen molar-refractivity contribution in [3.63, 3.8) is 0 Å². The van der Waals surface area contributed by atoms with E-state index in [0.29, 0.717) is 0 Å². The lowest BCUT2D eigenvalue weighted by Gasteiger charge is -2.19. The highest BCUT2D eigenvalue weighted by molar-refractivity contribution is 4.75. The SMILES string of the molecule is CC(F)(F)CC1CCCCCN1. The molecule has 12 heavy (non-hydrogen) atoms. The molecule has 1 heterocycles. The maximum absolute atomic E-state index is 12.6. The van der Waals surface area contributed by atoms with E-state index in [2.05, 4.69) is 5.32 Å². The minimum Gasteiger partial charge on any atom is -0.314 e. The van der Waals surface area contributed by atoms with Gasteiger partial charge in [-0.15, -0.1) is 0 Å². The van der Waals surface area contributed by atoms with E-state index in [9.17, 15) is 8.78 Å². The zero-order chi connectivity index (χ0) is 9.03. The molecule has 1 unspecified atom stereocenters. The second-order valence-corrected chi connectivity index (χ2v) is 3.77. The van der Waals surface area contributed by atoms with Crippen LogP contribution < -0.4 is 5.32 Å². The van der Waals surface area contributed by atoms with Crippen molar-refractivity contribution in [1.82, 2.24) is 5.32 Å². The molecule has 72 valence electrons. The van der Waals surface area contributed by atoms with Gasteiger partial charge in [0, 0.05) is 12.5 Å². The van der Waals surface area contributed by atoms with Crippen LogP contribution in [0.15, 0.2) is 0 Å². The van der Waals surface area contributed by atoms with Crippen molar-refractivity contribution in [2.45, 2.75) is 51.0 Å². The van der Waals surface area contributed by atoms with Gasteiger partial charge in [-0.2, -0.15) is 0 Å². The van der Waals surface area contributed by atoms with Gasteiger partial charge in [-0.05, 0) is 26.3 Å². The first-order chi connectivity index (χ1) is 5.58. The van der Waals surface area contributed by atoms with E-state index in [1.165, 1.54) is 6.42 Å². The first-order valence-corrected chi connectivity index (χ1v) is 4.69. The van der Waals surface area contributed by atoms with Crippen LogP contribution in [0, 0.1) is 0 Å². The van der Waals surface area contributed by atoms with E-state index in [1.54, 1.807) is 0 Å². The summed E-state index contributed by atoms with van der Waals surface area (Å²) in [6.45, 7) is 1.90. The molecule has 0 amide bonds. The average molecular weight is 177 g/mol. The molecule has 0 spiro atoms. The maximum Gasteiger partial charge on any atom is 0.246 e. The Balaban J connectivity index is 2.30. The molecular weight excluding hydrogens is 160 g/mol. The van der Waals surface area contributed by atoms with Crippen molar-refractivity contribution in [1.29, 1.82) is 0 Å². The van der Waals surface area contributed by atoms with E-state index < -0.39 is 5.92 Å². The zero-order valence-electron chi connectivity index (χ0n) is 7.58. The van der Waals surface area contributed by atoms with Gasteiger partial charge in [0.25, 0.3) is 0 Å². The quantitative estimate of drug-likeness (QED) is 0.683. The Labute approximate surface area is 72.5 Å². The molecule has 1 aliphatic heterocycles. The van der Waals surface area contributed by atoms with Crippen LogP contribution in [0.2, 0.25) is 0 Å². The highest BCUT2D eigenvalue weighted by atomic mass is 19.3. The largest absolute Gasteiger partial charge is 0.314 e. The Hall–Kier alpha value is -0.180. The molecule has 0 aromatic carbocycles. The van der Waals surface area contributed by atoms with Gasteiger partial charge in [-0.25, -0.2) is 8.78 Å². The number of hydrogen-bond acceptors (Lipinski definition) is 1. The summed E-state index contributed by atoms with van der Waals surface area (Å²) >= 11 is 0. The van der Waals surface area contributed by atoms with Crippen LogP contribution in [0.3, 0.4) is 0 Å². The summed E-state index contributed by atoms with van der Waals surface area (Å²) in [6, 6.07) is 0.0347. The van der Waals surface area contributed by atoms with E-state index in [4.69, 9.17) is 0 Å². The number of hydrogen-bond donors (Lipinski definition) is 1. The topological polar surface area (TPSA) is 12.0 Å². The fourth-order valence-electron chi connectivity index (χ4n) is 1.71. The molecule has 0 bridgehead atoms. The van der Waals surface area contributed by atoms with Crippen LogP contribution in [-0.4, -0.2) is 18.5 Å². The van der Waals surface area contributed by atoms with E-state index in [1.807, 2.05) is 0 Å². The zero-order valence-corrected chi connectivity index (χ0v) is 7.58. The second-order valence-electron chi connectivity index (χ2n) is 3.77. The van der Waals surface area contributed by atoms with E-state index in [-0.39, 0.29) is 12.5 Å². The van der Waals surface area contributed by atoms with Crippen molar-refractivity contribution in [3.05, 3.63) is 0 Å². The summed E-state index contributed by atoms with van der Waals surface area (Å²) in [4.78, 5) is 0. The predicted octanol–water partition coefficient (Wildman–Crippen LogP) is 2.56. The van der Waals surface area contributed by atoms with Crippen LogP contribution in [-0.2, 0) is 0 Å². The van der Waals surface area contributed by atoms with Gasteiger partial charge in [0.15, 0.2) is 0 Å². The lowest BCUT2D eigenvalue weighted by molar-refractivity contribution is 0.00235. The number of rotatable bonds is 2. The number of nitrogens with one attached hydrogen (secondary N) is 1. The molecule has 1 N–H and O–H groups in total. The summed E-state index contributed by atoms with van der Waals surface area (Å²) in [5.41, 5.74) is 0. The summed E-state index contributed by atoms with van der Waals surface area (Å²) in [7, 11) is 0. The van der Waals surface area contributed by atoms with Gasteiger partial charge in [0.1, 0.15) is 0 Å². The molecule has 1 atom stereocenters. The van der Waals surface area contributed by atoms with Crippen LogP contribution >= 0.6 is 0 Å². The molecule has 1 rings (SSSR count). The normalized spacial score (nSPS) is 26.8. The second kappa shape index (κ2) is 4.17. The lowest BCUT2D eigenvalue weighted by atomic mass is 10.0. The van der Waals surface area contributed by atoms with Gasteiger partial charge in [-0.1, -0.05) is 12.8 Å². The average Bonchev–Trinajstić information content (AvgIpc) is 2.12. The van der Waals surface area contributed by atoms with E-state index in [0.717, 1.165) is 32.7 Å². The summed E-state index contributed by atoms with van der Waals surface area (Å²) in [6.07, 6.45) is 4.30. The lowest BCUT2D eigenvalue weighted by Crippen LogP contribution is -2.33. The van der Waals surface area contributed by atoms with Gasteiger partial charge in [0.2, 0.25) is 5.92 Å². The molecule has 0 saturated carbocycles. The molecule has 1 aliphatic rings. The van der Waals surface area contributed by atoms with Crippen molar-refractivity contribution < 1.29 is 8.78 Å². The molecule has 0 aliphatic carbocycles. The standard InChI is InChI=1S/C9H17F2N/c1-9(10,11)7-8-5-3-2-4-6-12-8/h8,12H,2-7H2,1H3. The summed E-state index contributed by atoms with van der Waals surface area (Å²) in [5, 5.41) is 3.16. The van der Waals surface area contributed by atoms with Crippen molar-refractivity contribution in [3.8, 4) is 0 Å². The van der Waals surface area contributed by atoms with E-state index >= 15 is 0 Å². The van der Waals surface area contributed by atoms with Crippen molar-refractivity contribution in [2.24, 2.45) is 0 Å². The molecule has 3 heteroatoms. The third-order valence-corrected chi connectivity index (χ3v) is 2.27. The van der Waals surface area contributed by atoms with Crippen molar-refractivity contribution in [2.75, 3.05) is 6.54 Å². The highest BCUT2D eigenvalue weighted by Crippen LogP contribution is 2.22. The number of halogens is 2. The minimum absolute atomic E-state index is 0.00694. The molecule has 0 radical (unpaired) electrons. The smallest absolute Gasteiger partial charge is 0.246 e. The fraction of sp³-hybridized carbons (Fsp3) is 1.00. The summed E-state index contributed by atoms with van der Waals surface area (Å²) < 4.78 is 25.2. The number of alkyl halides is 2. The first-order valence-electron chi connectivity index (χ1n) is 4.69. The third-order valence-electron chi connectivity index (χ3n) is 2.27. The molecule has 1 saturated heterocycles. The third kappa shape index (κ3) is 4.00. The molecule has 0 aromatic rings. The maximum atomic E-state index is 12.6. The van der Waals surface area contributed by atoms with Gasteiger partial charge < -0.3 is 5.32 Å². The van der Waals surface area contributed by atoms with Crippen LogP contribution in [0.25, 0.3) is 0 Å². The minimum atomic E-state index is -2.51. The molecule has 0 aromatic heterocycles. The predicted molar refractivity (Wildman–Crippen MR) is 45.5 cm³/mol. The van der Waals surface area contributed by atoms with Crippen LogP contribution in [0.1, 0.15) is 39.0 Å². The molecule has 1 fully saturated rings. The van der Waals surface area contributed by atoms with Crippen LogP contribution in [0.4, 0.5) is 8.78 Å². The van der Waals surface area contributed by atoms with Crippen LogP contribution in [0.5, 0.6) is 0 Å². The van der Waals surface area contributed by atoms with Crippen molar-refractivity contribution >= 4 is 0 Å².